The van der Waals surface area contributed by atoms with Gasteiger partial charge in [0.2, 0.25) is 5.82 Å². The van der Waals surface area contributed by atoms with Crippen molar-refractivity contribution in [2.75, 3.05) is 0 Å². The van der Waals surface area contributed by atoms with Crippen LogP contribution >= 0.6 is 23.1 Å². The van der Waals surface area contributed by atoms with Crippen molar-refractivity contribution in [3.8, 4) is 11.6 Å². The van der Waals surface area contributed by atoms with Crippen LogP contribution in [0.4, 0.5) is 0 Å². The molecule has 25 heavy (non-hydrogen) atoms. The zero-order valence-corrected chi connectivity index (χ0v) is 15.3. The number of rotatable bonds is 5. The van der Waals surface area contributed by atoms with E-state index in [1.54, 1.807) is 22.9 Å². The van der Waals surface area contributed by atoms with E-state index in [-0.39, 0.29) is 11.6 Å². The lowest BCUT2D eigenvalue weighted by atomic mass is 10.3. The molecule has 0 bridgehead atoms. The summed E-state index contributed by atoms with van der Waals surface area (Å²) in [5.41, 5.74) is 0.666. The molecule has 0 aliphatic rings. The Labute approximate surface area is 151 Å². The van der Waals surface area contributed by atoms with Crippen molar-refractivity contribution in [1.82, 2.24) is 24.1 Å². The Kier molecular flexibility index (Phi) is 4.18. The summed E-state index contributed by atoms with van der Waals surface area (Å²) in [5.74, 6) is 1.93. The third-order valence-corrected chi connectivity index (χ3v) is 5.36. The summed E-state index contributed by atoms with van der Waals surface area (Å²) in [6, 6.07) is 5.44. The average molecular weight is 373 g/mol. The van der Waals surface area contributed by atoms with Gasteiger partial charge in [0, 0.05) is 29.4 Å². The normalized spacial score (nSPS) is 11.6. The fourth-order valence-corrected chi connectivity index (χ4v) is 4.21. The van der Waals surface area contributed by atoms with Crippen molar-refractivity contribution in [3.05, 3.63) is 52.1 Å². The summed E-state index contributed by atoms with van der Waals surface area (Å²) in [5, 5.41) is 11.2. The van der Waals surface area contributed by atoms with E-state index in [2.05, 4.69) is 29.0 Å². The molecule has 0 spiro atoms. The Bertz CT molecular complexity index is 1060. The molecular formula is C16H15N5O2S2. The van der Waals surface area contributed by atoms with Gasteiger partial charge in [-0.2, -0.15) is 0 Å². The number of hydrogen-bond donors (Lipinski definition) is 0. The van der Waals surface area contributed by atoms with E-state index in [4.69, 9.17) is 4.42 Å². The van der Waals surface area contributed by atoms with Crippen LogP contribution in [0.1, 0.15) is 25.6 Å². The quantitative estimate of drug-likeness (QED) is 0.498. The highest BCUT2D eigenvalue weighted by atomic mass is 32.2. The second kappa shape index (κ2) is 6.49. The molecule has 0 aliphatic carbocycles. The van der Waals surface area contributed by atoms with Crippen LogP contribution in [0.15, 0.2) is 50.4 Å². The minimum absolute atomic E-state index is 0.0662. The van der Waals surface area contributed by atoms with E-state index < -0.39 is 0 Å². The first-order valence-electron chi connectivity index (χ1n) is 7.71. The standard InChI is InChI=1S/C16H15N5O2S2/c1-10(2)21-14(12-4-3-6-23-12)18-19-16(21)25-9-11-8-13(22)20-5-7-24-15(20)17-11/h3-8,10H,9H2,1-2H3. The summed E-state index contributed by atoms with van der Waals surface area (Å²) < 4.78 is 9.03. The van der Waals surface area contributed by atoms with Crippen molar-refractivity contribution >= 4 is 28.1 Å². The molecular weight excluding hydrogens is 358 g/mol. The van der Waals surface area contributed by atoms with Gasteiger partial charge in [-0.15, -0.1) is 21.5 Å². The highest BCUT2D eigenvalue weighted by Gasteiger charge is 2.18. The highest BCUT2D eigenvalue weighted by molar-refractivity contribution is 7.98. The molecule has 128 valence electrons. The first-order valence-corrected chi connectivity index (χ1v) is 9.57. The molecule has 0 radical (unpaired) electrons. The maximum Gasteiger partial charge on any atom is 0.258 e. The minimum Gasteiger partial charge on any atom is -0.461 e. The average Bonchev–Trinajstić information content (AvgIpc) is 3.31. The van der Waals surface area contributed by atoms with Crippen LogP contribution in [-0.4, -0.2) is 24.1 Å². The number of fused-ring (bicyclic) bond motifs is 1. The van der Waals surface area contributed by atoms with Gasteiger partial charge >= 0.3 is 0 Å². The van der Waals surface area contributed by atoms with Crippen LogP contribution < -0.4 is 5.56 Å². The van der Waals surface area contributed by atoms with Crippen LogP contribution in [-0.2, 0) is 5.75 Å². The summed E-state index contributed by atoms with van der Waals surface area (Å²) in [7, 11) is 0. The maximum atomic E-state index is 12.1. The molecule has 9 heteroatoms. The van der Waals surface area contributed by atoms with Crippen molar-refractivity contribution in [2.45, 2.75) is 30.8 Å². The molecule has 7 nitrogen and oxygen atoms in total. The van der Waals surface area contributed by atoms with Crippen LogP contribution in [0.5, 0.6) is 0 Å². The van der Waals surface area contributed by atoms with Crippen molar-refractivity contribution in [3.63, 3.8) is 0 Å². The third-order valence-electron chi connectivity index (χ3n) is 3.63. The predicted molar refractivity (Wildman–Crippen MR) is 97.0 cm³/mol. The van der Waals surface area contributed by atoms with Gasteiger partial charge in [-0.1, -0.05) is 11.8 Å². The molecule has 4 aromatic rings. The van der Waals surface area contributed by atoms with Gasteiger partial charge in [-0.05, 0) is 26.0 Å². The first kappa shape index (κ1) is 16.1. The molecule has 0 saturated heterocycles. The number of aromatic nitrogens is 5. The largest absolute Gasteiger partial charge is 0.461 e. The number of hydrogen-bond acceptors (Lipinski definition) is 7. The maximum absolute atomic E-state index is 12.1. The summed E-state index contributed by atoms with van der Waals surface area (Å²) in [6.45, 7) is 4.14. The second-order valence-electron chi connectivity index (χ2n) is 5.68. The number of nitrogens with zero attached hydrogens (tertiary/aromatic N) is 5. The van der Waals surface area contributed by atoms with Crippen LogP contribution in [0.2, 0.25) is 0 Å². The van der Waals surface area contributed by atoms with Gasteiger partial charge in [0.15, 0.2) is 15.9 Å². The summed E-state index contributed by atoms with van der Waals surface area (Å²) >= 11 is 2.95. The van der Waals surface area contributed by atoms with Crippen LogP contribution in [0.3, 0.4) is 0 Å². The number of thioether (sulfide) groups is 1. The molecule has 0 aromatic carbocycles. The van der Waals surface area contributed by atoms with E-state index in [1.165, 1.54) is 23.1 Å². The molecule has 0 amide bonds. The van der Waals surface area contributed by atoms with Crippen molar-refractivity contribution in [2.24, 2.45) is 0 Å². The summed E-state index contributed by atoms with van der Waals surface area (Å²) in [6.07, 6.45) is 3.35. The number of thiazole rings is 1. The van der Waals surface area contributed by atoms with Gasteiger partial charge in [0.25, 0.3) is 5.56 Å². The lowest BCUT2D eigenvalue weighted by molar-refractivity contribution is 0.529. The Morgan fingerprint density at radius 1 is 1.36 bits per heavy atom. The SMILES string of the molecule is CC(C)n1c(SCc2cc(=O)n3ccsc3n2)nnc1-c1ccco1. The first-order chi connectivity index (χ1) is 12.1. The Balaban J connectivity index is 1.63. The molecule has 4 aromatic heterocycles. The van der Waals surface area contributed by atoms with E-state index in [1.807, 2.05) is 22.1 Å². The lowest BCUT2D eigenvalue weighted by Gasteiger charge is -2.12. The van der Waals surface area contributed by atoms with E-state index in [0.29, 0.717) is 22.3 Å². The Morgan fingerprint density at radius 2 is 2.24 bits per heavy atom. The van der Waals surface area contributed by atoms with Gasteiger partial charge in [-0.25, -0.2) is 4.98 Å². The molecule has 0 aliphatic heterocycles. The zero-order valence-electron chi connectivity index (χ0n) is 13.6. The molecule has 4 rings (SSSR count). The van der Waals surface area contributed by atoms with Gasteiger partial charge in [0.05, 0.1) is 12.0 Å². The van der Waals surface area contributed by atoms with Crippen LogP contribution in [0.25, 0.3) is 16.5 Å². The molecule has 0 saturated carbocycles. The molecule has 0 fully saturated rings. The molecule has 4 heterocycles. The highest BCUT2D eigenvalue weighted by Crippen LogP contribution is 2.29. The van der Waals surface area contributed by atoms with E-state index >= 15 is 0 Å². The molecule has 0 unspecified atom stereocenters. The Morgan fingerprint density at radius 3 is 3.00 bits per heavy atom. The third kappa shape index (κ3) is 3.00. The van der Waals surface area contributed by atoms with Crippen molar-refractivity contribution < 1.29 is 4.42 Å². The second-order valence-corrected chi connectivity index (χ2v) is 7.49. The minimum atomic E-state index is -0.0662. The lowest BCUT2D eigenvalue weighted by Crippen LogP contribution is -2.12. The molecule has 0 atom stereocenters. The van der Waals surface area contributed by atoms with Gasteiger partial charge < -0.3 is 4.42 Å². The monoisotopic (exact) mass is 373 g/mol. The zero-order chi connectivity index (χ0) is 17.4. The smallest absolute Gasteiger partial charge is 0.258 e. The van der Waals surface area contributed by atoms with E-state index in [9.17, 15) is 4.79 Å². The van der Waals surface area contributed by atoms with Gasteiger partial charge in [0.1, 0.15) is 0 Å². The number of furan rings is 1. The fourth-order valence-electron chi connectivity index (χ4n) is 2.52. The van der Waals surface area contributed by atoms with Crippen molar-refractivity contribution in [1.29, 1.82) is 0 Å². The van der Waals surface area contributed by atoms with Crippen LogP contribution in [0, 0.1) is 0 Å². The summed E-state index contributed by atoms with van der Waals surface area (Å²) in [4.78, 5) is 17.3. The predicted octanol–water partition coefficient (Wildman–Crippen LogP) is 3.48. The topological polar surface area (TPSA) is 78.2 Å². The van der Waals surface area contributed by atoms with Gasteiger partial charge in [-0.3, -0.25) is 13.8 Å². The fraction of sp³-hybridized carbons (Fsp3) is 0.250. The van der Waals surface area contributed by atoms with E-state index in [0.717, 1.165) is 10.9 Å². The Hall–Kier alpha value is -2.39. The molecule has 0 N–H and O–H groups in total.